The topological polar surface area (TPSA) is 67.2 Å². The number of carbonyl (C=O) groups excluding carboxylic acids is 1. The minimum Gasteiger partial charge on any atom is -0.361 e. The summed E-state index contributed by atoms with van der Waals surface area (Å²) in [6.07, 6.45) is 0.819. The molecule has 1 heterocycles. The van der Waals surface area contributed by atoms with Crippen LogP contribution in [0.15, 0.2) is 34.9 Å². The van der Waals surface area contributed by atoms with Crippen LogP contribution in [0, 0.1) is 13.8 Å². The molecule has 0 unspecified atom stereocenters. The van der Waals surface area contributed by atoms with Crippen LogP contribution in [0.25, 0.3) is 0 Å². The van der Waals surface area contributed by atoms with Gasteiger partial charge in [-0.1, -0.05) is 35.5 Å². The monoisotopic (exact) mass is 273 g/mol. The van der Waals surface area contributed by atoms with E-state index in [0.717, 1.165) is 23.4 Å². The van der Waals surface area contributed by atoms with Crippen LogP contribution in [0.2, 0.25) is 0 Å². The fraction of sp³-hybridized carbons (Fsp3) is 0.333. The fourth-order valence-electron chi connectivity index (χ4n) is 1.95. The van der Waals surface area contributed by atoms with Crippen LogP contribution >= 0.6 is 0 Å². The SMILES string of the molecule is Cc1noc(C)c1CNC(=O)NCCc1ccccc1. The van der Waals surface area contributed by atoms with E-state index in [0.29, 0.717) is 13.1 Å². The number of rotatable bonds is 5. The first-order valence-electron chi connectivity index (χ1n) is 6.64. The molecule has 0 spiro atoms. The molecule has 2 aromatic rings. The molecule has 1 aromatic heterocycles. The number of aromatic nitrogens is 1. The lowest BCUT2D eigenvalue weighted by Gasteiger charge is -2.07. The van der Waals surface area contributed by atoms with Crippen LogP contribution in [-0.2, 0) is 13.0 Å². The zero-order chi connectivity index (χ0) is 14.4. The molecule has 2 amide bonds. The van der Waals surface area contributed by atoms with E-state index in [-0.39, 0.29) is 6.03 Å². The lowest BCUT2D eigenvalue weighted by molar-refractivity contribution is 0.240. The maximum atomic E-state index is 11.7. The number of hydrogen-bond donors (Lipinski definition) is 2. The van der Waals surface area contributed by atoms with Gasteiger partial charge in [0.15, 0.2) is 0 Å². The van der Waals surface area contributed by atoms with E-state index >= 15 is 0 Å². The highest BCUT2D eigenvalue weighted by Crippen LogP contribution is 2.11. The molecule has 0 saturated carbocycles. The minimum absolute atomic E-state index is 0.180. The maximum Gasteiger partial charge on any atom is 0.315 e. The number of carbonyl (C=O) groups is 1. The predicted octanol–water partition coefficient (Wildman–Crippen LogP) is 2.33. The van der Waals surface area contributed by atoms with Gasteiger partial charge >= 0.3 is 6.03 Å². The Morgan fingerprint density at radius 3 is 2.60 bits per heavy atom. The number of nitrogens with one attached hydrogen (secondary N) is 2. The van der Waals surface area contributed by atoms with E-state index in [1.165, 1.54) is 5.56 Å². The van der Waals surface area contributed by atoms with Crippen LogP contribution in [-0.4, -0.2) is 17.7 Å². The summed E-state index contributed by atoms with van der Waals surface area (Å²) in [7, 11) is 0. The molecule has 20 heavy (non-hydrogen) atoms. The van der Waals surface area contributed by atoms with Gasteiger partial charge in [0.05, 0.1) is 5.69 Å². The molecule has 1 aromatic carbocycles. The Morgan fingerprint density at radius 1 is 1.20 bits per heavy atom. The normalized spacial score (nSPS) is 10.3. The second-order valence-electron chi connectivity index (χ2n) is 4.65. The van der Waals surface area contributed by atoms with Crippen LogP contribution in [0.4, 0.5) is 4.79 Å². The van der Waals surface area contributed by atoms with E-state index in [1.54, 1.807) is 0 Å². The highest BCUT2D eigenvalue weighted by Gasteiger charge is 2.09. The Hall–Kier alpha value is -2.30. The molecule has 0 aliphatic carbocycles. The first-order chi connectivity index (χ1) is 9.66. The smallest absolute Gasteiger partial charge is 0.315 e. The second kappa shape index (κ2) is 6.75. The zero-order valence-corrected chi connectivity index (χ0v) is 11.8. The van der Waals surface area contributed by atoms with Crippen molar-refractivity contribution in [3.8, 4) is 0 Å². The van der Waals surface area contributed by atoms with Crippen molar-refractivity contribution in [1.29, 1.82) is 0 Å². The zero-order valence-electron chi connectivity index (χ0n) is 11.8. The van der Waals surface area contributed by atoms with E-state index in [9.17, 15) is 4.79 Å². The largest absolute Gasteiger partial charge is 0.361 e. The number of hydrogen-bond acceptors (Lipinski definition) is 3. The minimum atomic E-state index is -0.180. The number of benzene rings is 1. The standard InChI is InChI=1S/C15H19N3O2/c1-11-14(12(2)20-18-11)10-17-15(19)16-9-8-13-6-4-3-5-7-13/h3-7H,8-10H2,1-2H3,(H2,16,17,19). The third kappa shape index (κ3) is 3.85. The van der Waals surface area contributed by atoms with Crippen molar-refractivity contribution in [1.82, 2.24) is 15.8 Å². The lowest BCUT2D eigenvalue weighted by Crippen LogP contribution is -2.36. The molecule has 0 radical (unpaired) electrons. The molecule has 0 aliphatic rings. The number of amides is 2. The quantitative estimate of drug-likeness (QED) is 0.878. The van der Waals surface area contributed by atoms with Crippen molar-refractivity contribution < 1.29 is 9.32 Å². The van der Waals surface area contributed by atoms with Gasteiger partial charge in [0.25, 0.3) is 0 Å². The third-order valence-electron chi connectivity index (χ3n) is 3.15. The van der Waals surface area contributed by atoms with Gasteiger partial charge in [-0.2, -0.15) is 0 Å². The highest BCUT2D eigenvalue weighted by atomic mass is 16.5. The second-order valence-corrected chi connectivity index (χ2v) is 4.65. The van der Waals surface area contributed by atoms with Crippen molar-refractivity contribution in [2.75, 3.05) is 6.54 Å². The van der Waals surface area contributed by atoms with E-state index in [1.807, 2.05) is 44.2 Å². The van der Waals surface area contributed by atoms with Gasteiger partial charge in [-0.3, -0.25) is 0 Å². The van der Waals surface area contributed by atoms with Gasteiger partial charge in [-0.05, 0) is 25.8 Å². The van der Waals surface area contributed by atoms with Crippen molar-refractivity contribution in [2.24, 2.45) is 0 Å². The predicted molar refractivity (Wildman–Crippen MR) is 76.4 cm³/mol. The summed E-state index contributed by atoms with van der Waals surface area (Å²) in [6.45, 7) is 4.74. The Morgan fingerprint density at radius 2 is 1.95 bits per heavy atom. The van der Waals surface area contributed by atoms with Crippen LogP contribution in [0.3, 0.4) is 0 Å². The molecule has 5 heteroatoms. The number of aryl methyl sites for hydroxylation is 2. The molecule has 0 saturated heterocycles. The molecule has 0 fully saturated rings. The van der Waals surface area contributed by atoms with Crippen molar-refractivity contribution in [2.45, 2.75) is 26.8 Å². The van der Waals surface area contributed by atoms with E-state index in [4.69, 9.17) is 4.52 Å². The fourth-order valence-corrected chi connectivity index (χ4v) is 1.95. The molecule has 5 nitrogen and oxygen atoms in total. The third-order valence-corrected chi connectivity index (χ3v) is 3.15. The molecule has 0 atom stereocenters. The Bertz CT molecular complexity index is 544. The van der Waals surface area contributed by atoms with E-state index in [2.05, 4.69) is 15.8 Å². The maximum absolute atomic E-state index is 11.7. The van der Waals surface area contributed by atoms with Gasteiger partial charge in [0.1, 0.15) is 5.76 Å². The van der Waals surface area contributed by atoms with Crippen molar-refractivity contribution >= 4 is 6.03 Å². The summed E-state index contributed by atoms with van der Waals surface area (Å²) in [4.78, 5) is 11.7. The van der Waals surface area contributed by atoms with Crippen molar-refractivity contribution in [3.05, 3.63) is 52.9 Å². The van der Waals surface area contributed by atoms with Gasteiger partial charge in [-0.15, -0.1) is 0 Å². The highest BCUT2D eigenvalue weighted by molar-refractivity contribution is 5.73. The molecular formula is C15H19N3O2. The summed E-state index contributed by atoms with van der Waals surface area (Å²) < 4.78 is 5.04. The molecule has 2 rings (SSSR count). The molecule has 0 aliphatic heterocycles. The van der Waals surface area contributed by atoms with Crippen LogP contribution < -0.4 is 10.6 Å². The van der Waals surface area contributed by atoms with Crippen molar-refractivity contribution in [3.63, 3.8) is 0 Å². The van der Waals surface area contributed by atoms with Gasteiger partial charge in [-0.25, -0.2) is 4.79 Å². The lowest BCUT2D eigenvalue weighted by atomic mass is 10.1. The summed E-state index contributed by atoms with van der Waals surface area (Å²) in [6, 6.07) is 9.88. The summed E-state index contributed by atoms with van der Waals surface area (Å²) in [5.41, 5.74) is 2.95. The summed E-state index contributed by atoms with van der Waals surface area (Å²) in [5.74, 6) is 0.743. The van der Waals surface area contributed by atoms with E-state index < -0.39 is 0 Å². The van der Waals surface area contributed by atoms with Crippen LogP contribution in [0.1, 0.15) is 22.6 Å². The molecule has 106 valence electrons. The first-order valence-corrected chi connectivity index (χ1v) is 6.64. The van der Waals surface area contributed by atoms with Crippen LogP contribution in [0.5, 0.6) is 0 Å². The Balaban J connectivity index is 1.71. The first kappa shape index (κ1) is 14.1. The molecular weight excluding hydrogens is 254 g/mol. The molecule has 2 N–H and O–H groups in total. The number of nitrogens with zero attached hydrogens (tertiary/aromatic N) is 1. The van der Waals surface area contributed by atoms with Gasteiger partial charge in [0.2, 0.25) is 0 Å². The number of urea groups is 1. The average Bonchev–Trinajstić information content (AvgIpc) is 2.77. The van der Waals surface area contributed by atoms with Gasteiger partial charge < -0.3 is 15.2 Å². The summed E-state index contributed by atoms with van der Waals surface area (Å²) in [5, 5.41) is 9.48. The van der Waals surface area contributed by atoms with Gasteiger partial charge in [0, 0.05) is 18.7 Å². The molecule has 0 bridgehead atoms. The average molecular weight is 273 g/mol. The summed E-state index contributed by atoms with van der Waals surface area (Å²) >= 11 is 0. The Labute approximate surface area is 118 Å². The Kier molecular flexibility index (Phi) is 4.76.